The van der Waals surface area contributed by atoms with Gasteiger partial charge in [0.2, 0.25) is 10.0 Å². The van der Waals surface area contributed by atoms with Crippen molar-refractivity contribution in [2.75, 3.05) is 5.32 Å². The van der Waals surface area contributed by atoms with Gasteiger partial charge in [0.1, 0.15) is 5.69 Å². The maximum atomic E-state index is 13.1. The average molecular weight is 438 g/mol. The Hall–Kier alpha value is -3.50. The number of rotatable bonds is 6. The van der Waals surface area contributed by atoms with E-state index in [4.69, 9.17) is 8.94 Å². The van der Waals surface area contributed by atoms with Gasteiger partial charge in [-0.1, -0.05) is 5.16 Å². The average Bonchev–Trinajstić information content (AvgIpc) is 3.23. The van der Waals surface area contributed by atoms with E-state index in [2.05, 4.69) is 20.2 Å². The molecule has 1 aliphatic carbocycles. The number of benzene rings is 1. The Morgan fingerprint density at radius 2 is 1.94 bits per heavy atom. The van der Waals surface area contributed by atoms with E-state index in [9.17, 15) is 13.2 Å². The summed E-state index contributed by atoms with van der Waals surface area (Å²) >= 11 is 0. The number of pyridine rings is 1. The number of carbonyl (C=O) groups is 1. The fourth-order valence-corrected chi connectivity index (χ4v) is 4.53. The molecule has 3 heterocycles. The number of anilines is 1. The number of fused-ring (bicyclic) bond motifs is 1. The first-order valence-electron chi connectivity index (χ1n) is 9.65. The molecule has 0 saturated heterocycles. The second-order valence-corrected chi connectivity index (χ2v) is 9.07. The SMILES string of the molecule is Cc1noc2nc(-c3ccco3)cc(C(=O)Nc3ccc(S(=O)(=O)NC4CC4)cc3)c12. The van der Waals surface area contributed by atoms with Crippen LogP contribution in [0.2, 0.25) is 0 Å². The molecule has 0 bridgehead atoms. The van der Waals surface area contributed by atoms with Crippen molar-refractivity contribution in [1.29, 1.82) is 0 Å². The Morgan fingerprint density at radius 3 is 2.61 bits per heavy atom. The molecule has 9 nitrogen and oxygen atoms in total. The number of amides is 1. The van der Waals surface area contributed by atoms with Gasteiger partial charge in [-0.3, -0.25) is 4.79 Å². The van der Waals surface area contributed by atoms with Crippen LogP contribution < -0.4 is 10.0 Å². The Kier molecular flexibility index (Phi) is 4.60. The van der Waals surface area contributed by atoms with Gasteiger partial charge in [-0.15, -0.1) is 0 Å². The van der Waals surface area contributed by atoms with Crippen LogP contribution in [0, 0.1) is 6.92 Å². The van der Waals surface area contributed by atoms with Crippen molar-refractivity contribution in [2.24, 2.45) is 0 Å². The van der Waals surface area contributed by atoms with Gasteiger partial charge in [-0.05, 0) is 62.2 Å². The number of hydrogen-bond acceptors (Lipinski definition) is 7. The molecule has 1 aliphatic rings. The van der Waals surface area contributed by atoms with Gasteiger partial charge in [-0.25, -0.2) is 18.1 Å². The minimum Gasteiger partial charge on any atom is -0.463 e. The Balaban J connectivity index is 1.44. The zero-order chi connectivity index (χ0) is 21.6. The number of nitrogens with one attached hydrogen (secondary N) is 2. The van der Waals surface area contributed by atoms with Crippen LogP contribution in [-0.2, 0) is 10.0 Å². The number of sulfonamides is 1. The lowest BCUT2D eigenvalue weighted by Gasteiger charge is -2.09. The molecule has 1 aromatic carbocycles. The van der Waals surface area contributed by atoms with Gasteiger partial charge in [0.05, 0.1) is 27.8 Å². The second kappa shape index (κ2) is 7.33. The molecule has 0 aliphatic heterocycles. The molecule has 3 aromatic heterocycles. The molecule has 4 aromatic rings. The summed E-state index contributed by atoms with van der Waals surface area (Å²) < 4.78 is 37.9. The van der Waals surface area contributed by atoms with Gasteiger partial charge in [-0.2, -0.15) is 0 Å². The minimum absolute atomic E-state index is 0.0219. The van der Waals surface area contributed by atoms with E-state index in [1.165, 1.54) is 18.4 Å². The fraction of sp³-hybridized carbons (Fsp3) is 0.190. The minimum atomic E-state index is -3.55. The molecule has 10 heteroatoms. The number of aromatic nitrogens is 2. The zero-order valence-electron chi connectivity index (χ0n) is 16.5. The summed E-state index contributed by atoms with van der Waals surface area (Å²) in [5.41, 5.74) is 1.97. The first kappa shape index (κ1) is 19.5. The second-order valence-electron chi connectivity index (χ2n) is 7.35. The number of carbonyl (C=O) groups excluding carboxylic acids is 1. The van der Waals surface area contributed by atoms with Crippen LogP contribution in [0.5, 0.6) is 0 Å². The van der Waals surface area contributed by atoms with Gasteiger partial charge in [0, 0.05) is 11.7 Å². The molecule has 0 spiro atoms. The lowest BCUT2D eigenvalue weighted by atomic mass is 10.1. The first-order chi connectivity index (χ1) is 14.9. The summed E-state index contributed by atoms with van der Waals surface area (Å²) in [6.45, 7) is 1.73. The van der Waals surface area contributed by atoms with Crippen molar-refractivity contribution in [2.45, 2.75) is 30.7 Å². The Bertz CT molecular complexity index is 1370. The highest BCUT2D eigenvalue weighted by Crippen LogP contribution is 2.28. The summed E-state index contributed by atoms with van der Waals surface area (Å²) in [6, 6.07) is 11.1. The van der Waals surface area contributed by atoms with E-state index >= 15 is 0 Å². The third-order valence-electron chi connectivity index (χ3n) is 4.96. The molecular formula is C21H18N4O5S. The predicted octanol–water partition coefficient (Wildman–Crippen LogP) is 3.48. The standard InChI is InChI=1S/C21H18N4O5S/c1-12-19-16(11-17(18-3-2-10-29-18)23-21(19)30-24-12)20(26)22-13-6-8-15(9-7-13)31(27,28)25-14-4-5-14/h2-3,6-11,14,25H,4-5H2,1H3,(H,22,26). The van der Waals surface area contributed by atoms with Crippen LogP contribution in [0.15, 0.2) is 62.6 Å². The molecule has 31 heavy (non-hydrogen) atoms. The molecular weight excluding hydrogens is 420 g/mol. The van der Waals surface area contributed by atoms with Crippen LogP contribution >= 0.6 is 0 Å². The Labute approximate surface area is 177 Å². The van der Waals surface area contributed by atoms with Crippen molar-refractivity contribution in [3.05, 3.63) is 60.0 Å². The number of aryl methyl sites for hydroxylation is 1. The fourth-order valence-electron chi connectivity index (χ4n) is 3.23. The third-order valence-corrected chi connectivity index (χ3v) is 6.49. The largest absolute Gasteiger partial charge is 0.463 e. The monoisotopic (exact) mass is 438 g/mol. The normalized spacial score (nSPS) is 14.1. The highest BCUT2D eigenvalue weighted by molar-refractivity contribution is 7.89. The topological polar surface area (TPSA) is 127 Å². The molecule has 5 rings (SSSR count). The van der Waals surface area contributed by atoms with E-state index in [1.807, 2.05) is 0 Å². The molecule has 0 unspecified atom stereocenters. The van der Waals surface area contributed by atoms with Gasteiger partial charge in [0.25, 0.3) is 11.6 Å². The van der Waals surface area contributed by atoms with Gasteiger partial charge < -0.3 is 14.3 Å². The van der Waals surface area contributed by atoms with E-state index in [1.54, 1.807) is 37.3 Å². The van der Waals surface area contributed by atoms with E-state index < -0.39 is 15.9 Å². The number of furan rings is 1. The zero-order valence-corrected chi connectivity index (χ0v) is 17.3. The van der Waals surface area contributed by atoms with E-state index in [-0.39, 0.29) is 16.7 Å². The summed E-state index contributed by atoms with van der Waals surface area (Å²) in [7, 11) is -3.55. The van der Waals surface area contributed by atoms with Gasteiger partial charge >= 0.3 is 0 Å². The van der Waals surface area contributed by atoms with E-state index in [0.29, 0.717) is 33.8 Å². The summed E-state index contributed by atoms with van der Waals surface area (Å²) in [5.74, 6) is 0.0842. The highest BCUT2D eigenvalue weighted by atomic mass is 32.2. The highest BCUT2D eigenvalue weighted by Gasteiger charge is 2.28. The summed E-state index contributed by atoms with van der Waals surface area (Å²) in [4.78, 5) is 17.6. The molecule has 1 amide bonds. The summed E-state index contributed by atoms with van der Waals surface area (Å²) in [6.07, 6.45) is 3.23. The maximum Gasteiger partial charge on any atom is 0.259 e. The van der Waals surface area contributed by atoms with Crippen molar-refractivity contribution < 1.29 is 22.2 Å². The number of hydrogen-bond donors (Lipinski definition) is 2. The van der Waals surface area contributed by atoms with Crippen LogP contribution in [0.1, 0.15) is 28.9 Å². The number of nitrogens with zero attached hydrogens (tertiary/aromatic N) is 2. The van der Waals surface area contributed by atoms with Crippen LogP contribution in [0.25, 0.3) is 22.6 Å². The lowest BCUT2D eigenvalue weighted by molar-refractivity contribution is 0.102. The van der Waals surface area contributed by atoms with Crippen molar-refractivity contribution in [1.82, 2.24) is 14.9 Å². The molecule has 0 atom stereocenters. The molecule has 1 fully saturated rings. The molecule has 1 saturated carbocycles. The molecule has 158 valence electrons. The molecule has 0 radical (unpaired) electrons. The van der Waals surface area contributed by atoms with Gasteiger partial charge in [0.15, 0.2) is 5.76 Å². The quantitative estimate of drug-likeness (QED) is 0.472. The molecule has 2 N–H and O–H groups in total. The van der Waals surface area contributed by atoms with Crippen molar-refractivity contribution >= 4 is 32.7 Å². The lowest BCUT2D eigenvalue weighted by Crippen LogP contribution is -2.25. The van der Waals surface area contributed by atoms with E-state index in [0.717, 1.165) is 12.8 Å². The van der Waals surface area contributed by atoms with Crippen LogP contribution in [-0.4, -0.2) is 30.5 Å². The first-order valence-corrected chi connectivity index (χ1v) is 11.1. The third kappa shape index (κ3) is 3.82. The Morgan fingerprint density at radius 1 is 1.16 bits per heavy atom. The smallest absolute Gasteiger partial charge is 0.259 e. The van der Waals surface area contributed by atoms with Crippen LogP contribution in [0.4, 0.5) is 5.69 Å². The van der Waals surface area contributed by atoms with Crippen LogP contribution in [0.3, 0.4) is 0 Å². The maximum absolute atomic E-state index is 13.1. The van der Waals surface area contributed by atoms with Crippen molar-refractivity contribution in [3.8, 4) is 11.5 Å². The summed E-state index contributed by atoms with van der Waals surface area (Å²) in [5, 5.41) is 7.20. The van der Waals surface area contributed by atoms with Crippen molar-refractivity contribution in [3.63, 3.8) is 0 Å². The predicted molar refractivity (Wildman–Crippen MR) is 112 cm³/mol.